The second-order valence-corrected chi connectivity index (χ2v) is 6.32. The molecule has 1 aromatic rings. The summed E-state index contributed by atoms with van der Waals surface area (Å²) in [4.78, 5) is 0. The minimum Gasteiger partial charge on any atom is -0.490 e. The van der Waals surface area contributed by atoms with Gasteiger partial charge < -0.3 is 14.8 Å². The van der Waals surface area contributed by atoms with Gasteiger partial charge in [-0.1, -0.05) is 25.0 Å². The van der Waals surface area contributed by atoms with E-state index in [2.05, 4.69) is 36.5 Å². The number of hydrogen-bond acceptors (Lipinski definition) is 3. The van der Waals surface area contributed by atoms with Crippen LogP contribution in [-0.2, 0) is 4.74 Å². The van der Waals surface area contributed by atoms with Gasteiger partial charge in [0, 0.05) is 6.61 Å². The topological polar surface area (TPSA) is 30.5 Å². The van der Waals surface area contributed by atoms with Gasteiger partial charge in [-0.15, -0.1) is 0 Å². The molecular weight excluding hydrogens is 262 g/mol. The van der Waals surface area contributed by atoms with Crippen molar-refractivity contribution in [3.05, 3.63) is 29.8 Å². The fourth-order valence-electron chi connectivity index (χ4n) is 3.66. The number of ether oxygens (including phenoxy) is 2. The molecular formula is C18H27NO2. The van der Waals surface area contributed by atoms with E-state index in [0.717, 1.165) is 25.2 Å². The molecule has 0 aliphatic heterocycles. The Morgan fingerprint density at radius 1 is 1.29 bits per heavy atom. The summed E-state index contributed by atoms with van der Waals surface area (Å²) in [5, 5.41) is 3.50. The maximum Gasteiger partial charge on any atom is 0.120 e. The van der Waals surface area contributed by atoms with Gasteiger partial charge in [0.25, 0.3) is 0 Å². The minimum absolute atomic E-state index is 0.0539. The van der Waals surface area contributed by atoms with Crippen molar-refractivity contribution in [1.82, 2.24) is 5.32 Å². The molecule has 1 atom stereocenters. The molecule has 2 aliphatic carbocycles. The molecule has 0 heterocycles. The Bertz CT molecular complexity index is 464. The van der Waals surface area contributed by atoms with Crippen molar-refractivity contribution in [1.29, 1.82) is 0 Å². The summed E-state index contributed by atoms with van der Waals surface area (Å²) in [5.74, 6) is 1.000. The second kappa shape index (κ2) is 6.37. The molecule has 1 aromatic carbocycles. The average molecular weight is 289 g/mol. The molecule has 1 N–H and O–H groups in total. The summed E-state index contributed by atoms with van der Waals surface area (Å²) in [5.41, 5.74) is 1.23. The lowest BCUT2D eigenvalue weighted by molar-refractivity contribution is -0.0610. The molecule has 21 heavy (non-hydrogen) atoms. The standard InChI is InChI=1S/C18H27NO2/c1-3-20-18(11-4-5-12-18)17(19-2)14-7-6-8-16(13-14)21-15-9-10-15/h6-8,13,15,17,19H,3-5,9-12H2,1-2H3. The molecule has 2 fully saturated rings. The lowest BCUT2D eigenvalue weighted by atomic mass is 9.86. The summed E-state index contributed by atoms with van der Waals surface area (Å²) in [6.07, 6.45) is 7.64. The third-order valence-corrected chi connectivity index (χ3v) is 4.72. The minimum atomic E-state index is -0.0539. The highest BCUT2D eigenvalue weighted by atomic mass is 16.5. The SMILES string of the molecule is CCOC1(C(NC)c2cccc(OC3CC3)c2)CCCC1. The molecule has 3 rings (SSSR count). The van der Waals surface area contributed by atoms with E-state index in [9.17, 15) is 0 Å². The highest BCUT2D eigenvalue weighted by Gasteiger charge is 2.42. The van der Waals surface area contributed by atoms with Crippen LogP contribution in [0, 0.1) is 0 Å². The summed E-state index contributed by atoms with van der Waals surface area (Å²) in [6.45, 7) is 2.87. The number of rotatable bonds is 7. The normalized spacial score (nSPS) is 22.2. The molecule has 2 saturated carbocycles. The van der Waals surface area contributed by atoms with Crippen LogP contribution in [0.5, 0.6) is 5.75 Å². The maximum absolute atomic E-state index is 6.23. The first-order chi connectivity index (χ1) is 10.3. The van der Waals surface area contributed by atoms with Crippen molar-refractivity contribution >= 4 is 0 Å². The Morgan fingerprint density at radius 2 is 2.05 bits per heavy atom. The summed E-state index contributed by atoms with van der Waals surface area (Å²) in [6, 6.07) is 8.80. The van der Waals surface area contributed by atoms with E-state index in [-0.39, 0.29) is 11.6 Å². The molecule has 0 radical (unpaired) electrons. The van der Waals surface area contributed by atoms with Crippen LogP contribution in [0.1, 0.15) is 57.1 Å². The third kappa shape index (κ3) is 3.24. The van der Waals surface area contributed by atoms with Crippen LogP contribution >= 0.6 is 0 Å². The van der Waals surface area contributed by atoms with Crippen LogP contribution in [0.25, 0.3) is 0 Å². The van der Waals surface area contributed by atoms with Crippen LogP contribution in [-0.4, -0.2) is 25.4 Å². The fraction of sp³-hybridized carbons (Fsp3) is 0.667. The van der Waals surface area contributed by atoms with Gasteiger partial charge in [-0.3, -0.25) is 0 Å². The molecule has 0 aromatic heterocycles. The van der Waals surface area contributed by atoms with E-state index in [1.807, 2.05) is 7.05 Å². The first kappa shape index (κ1) is 14.9. The van der Waals surface area contributed by atoms with Crippen LogP contribution in [0.3, 0.4) is 0 Å². The van der Waals surface area contributed by atoms with E-state index in [4.69, 9.17) is 9.47 Å². The number of benzene rings is 1. The van der Waals surface area contributed by atoms with Crippen LogP contribution < -0.4 is 10.1 Å². The summed E-state index contributed by atoms with van der Waals surface area (Å²) >= 11 is 0. The second-order valence-electron chi connectivity index (χ2n) is 6.32. The molecule has 0 bridgehead atoms. The molecule has 1 unspecified atom stereocenters. The Kier molecular flexibility index (Phi) is 4.51. The Hall–Kier alpha value is -1.06. The predicted molar refractivity (Wildman–Crippen MR) is 84.7 cm³/mol. The van der Waals surface area contributed by atoms with Gasteiger partial charge in [-0.25, -0.2) is 0 Å². The zero-order valence-electron chi connectivity index (χ0n) is 13.2. The first-order valence-corrected chi connectivity index (χ1v) is 8.35. The van der Waals surface area contributed by atoms with E-state index < -0.39 is 0 Å². The van der Waals surface area contributed by atoms with E-state index >= 15 is 0 Å². The highest BCUT2D eigenvalue weighted by Crippen LogP contribution is 2.43. The van der Waals surface area contributed by atoms with E-state index in [0.29, 0.717) is 6.10 Å². The quantitative estimate of drug-likeness (QED) is 0.827. The van der Waals surface area contributed by atoms with Crippen molar-refractivity contribution in [3.63, 3.8) is 0 Å². The van der Waals surface area contributed by atoms with Gasteiger partial charge >= 0.3 is 0 Å². The van der Waals surface area contributed by atoms with Crippen molar-refractivity contribution in [3.8, 4) is 5.75 Å². The van der Waals surface area contributed by atoms with Gasteiger partial charge in [0.1, 0.15) is 5.75 Å². The van der Waals surface area contributed by atoms with E-state index in [1.165, 1.54) is 31.2 Å². The number of nitrogens with one attached hydrogen (secondary N) is 1. The number of likely N-dealkylation sites (N-methyl/N-ethyl adjacent to an activating group) is 1. The highest BCUT2D eigenvalue weighted by molar-refractivity contribution is 5.33. The third-order valence-electron chi connectivity index (χ3n) is 4.72. The Labute approximate surface area is 128 Å². The Morgan fingerprint density at radius 3 is 2.67 bits per heavy atom. The first-order valence-electron chi connectivity index (χ1n) is 8.35. The van der Waals surface area contributed by atoms with Crippen LogP contribution in [0.4, 0.5) is 0 Å². The van der Waals surface area contributed by atoms with Gasteiger partial charge in [-0.05, 0) is 57.4 Å². The van der Waals surface area contributed by atoms with Crippen LogP contribution in [0.15, 0.2) is 24.3 Å². The Balaban J connectivity index is 1.83. The molecule has 116 valence electrons. The molecule has 2 aliphatic rings. The lowest BCUT2D eigenvalue weighted by Gasteiger charge is -2.37. The van der Waals surface area contributed by atoms with Crippen molar-refractivity contribution < 1.29 is 9.47 Å². The zero-order chi connectivity index (χ0) is 14.7. The molecule has 0 spiro atoms. The van der Waals surface area contributed by atoms with Gasteiger partial charge in [0.15, 0.2) is 0 Å². The van der Waals surface area contributed by atoms with Crippen molar-refractivity contribution in [2.75, 3.05) is 13.7 Å². The smallest absolute Gasteiger partial charge is 0.120 e. The van der Waals surface area contributed by atoms with Gasteiger partial charge in [0.2, 0.25) is 0 Å². The average Bonchev–Trinajstić information content (AvgIpc) is 3.17. The summed E-state index contributed by atoms with van der Waals surface area (Å²) < 4.78 is 12.2. The largest absolute Gasteiger partial charge is 0.490 e. The van der Waals surface area contributed by atoms with Gasteiger partial charge in [-0.2, -0.15) is 0 Å². The lowest BCUT2D eigenvalue weighted by Crippen LogP contribution is -2.43. The van der Waals surface area contributed by atoms with Crippen molar-refractivity contribution in [2.45, 2.75) is 63.2 Å². The maximum atomic E-state index is 6.23. The fourth-order valence-corrected chi connectivity index (χ4v) is 3.66. The van der Waals surface area contributed by atoms with Crippen LogP contribution in [0.2, 0.25) is 0 Å². The van der Waals surface area contributed by atoms with E-state index in [1.54, 1.807) is 0 Å². The molecule has 3 nitrogen and oxygen atoms in total. The van der Waals surface area contributed by atoms with Crippen molar-refractivity contribution in [2.24, 2.45) is 0 Å². The van der Waals surface area contributed by atoms with Gasteiger partial charge in [0.05, 0.1) is 17.7 Å². The molecule has 0 saturated heterocycles. The summed E-state index contributed by atoms with van der Waals surface area (Å²) in [7, 11) is 2.04. The number of hydrogen-bond donors (Lipinski definition) is 1. The monoisotopic (exact) mass is 289 g/mol. The predicted octanol–water partition coefficient (Wildman–Crippen LogP) is 3.84. The molecule has 0 amide bonds. The molecule has 3 heteroatoms. The zero-order valence-corrected chi connectivity index (χ0v) is 13.2.